The molecule has 5 heteroatoms. The number of rotatable bonds is 4. The van der Waals surface area contributed by atoms with Crippen LogP contribution in [0.15, 0.2) is 42.9 Å². The van der Waals surface area contributed by atoms with Gasteiger partial charge in [0.1, 0.15) is 5.82 Å². The van der Waals surface area contributed by atoms with E-state index in [-0.39, 0.29) is 0 Å². The number of hydrogen-bond donors (Lipinski definition) is 1. The molecule has 0 aliphatic rings. The summed E-state index contributed by atoms with van der Waals surface area (Å²) < 4.78 is 1.96. The average molecular weight is 253 g/mol. The number of nitrogens with zero attached hydrogens (tertiary/aromatic N) is 4. The zero-order chi connectivity index (χ0) is 13.1. The first-order valence-electron chi connectivity index (χ1n) is 6.28. The lowest BCUT2D eigenvalue weighted by Crippen LogP contribution is -2.08. The molecule has 0 fully saturated rings. The Morgan fingerprint density at radius 2 is 2.11 bits per heavy atom. The Hall–Kier alpha value is -2.43. The van der Waals surface area contributed by atoms with Crippen LogP contribution >= 0.6 is 0 Å². The topological polar surface area (TPSA) is 55.1 Å². The second-order valence-electron chi connectivity index (χ2n) is 4.41. The van der Waals surface area contributed by atoms with E-state index in [0.717, 1.165) is 30.1 Å². The molecule has 0 bridgehead atoms. The van der Waals surface area contributed by atoms with Gasteiger partial charge in [-0.2, -0.15) is 0 Å². The number of nitrogens with one attached hydrogen (secondary N) is 1. The highest BCUT2D eigenvalue weighted by Crippen LogP contribution is 2.13. The SMILES string of the molecule is Cc1ccccc1NCCc1nnc2cnccn12. The van der Waals surface area contributed by atoms with Crippen molar-refractivity contribution in [3.8, 4) is 0 Å². The minimum Gasteiger partial charge on any atom is -0.384 e. The molecule has 0 saturated carbocycles. The zero-order valence-corrected chi connectivity index (χ0v) is 10.7. The lowest BCUT2D eigenvalue weighted by molar-refractivity contribution is 0.868. The molecule has 0 spiro atoms. The van der Waals surface area contributed by atoms with Crippen LogP contribution in [0.1, 0.15) is 11.4 Å². The van der Waals surface area contributed by atoms with Crippen LogP contribution in [0.25, 0.3) is 5.65 Å². The fourth-order valence-corrected chi connectivity index (χ4v) is 2.05. The summed E-state index contributed by atoms with van der Waals surface area (Å²) >= 11 is 0. The maximum Gasteiger partial charge on any atom is 0.179 e. The first-order valence-corrected chi connectivity index (χ1v) is 6.28. The summed E-state index contributed by atoms with van der Waals surface area (Å²) in [5, 5.41) is 11.7. The summed E-state index contributed by atoms with van der Waals surface area (Å²) in [5.41, 5.74) is 3.20. The number of aryl methyl sites for hydroxylation is 1. The van der Waals surface area contributed by atoms with E-state index >= 15 is 0 Å². The Balaban J connectivity index is 1.68. The van der Waals surface area contributed by atoms with Crippen molar-refractivity contribution in [3.05, 3.63) is 54.2 Å². The summed E-state index contributed by atoms with van der Waals surface area (Å²) in [7, 11) is 0. The minimum absolute atomic E-state index is 0.786. The van der Waals surface area contributed by atoms with Gasteiger partial charge >= 0.3 is 0 Å². The third kappa shape index (κ3) is 2.40. The number of fused-ring (bicyclic) bond motifs is 1. The molecule has 19 heavy (non-hydrogen) atoms. The van der Waals surface area contributed by atoms with Gasteiger partial charge in [0.05, 0.1) is 6.20 Å². The van der Waals surface area contributed by atoms with Crippen molar-refractivity contribution in [3.63, 3.8) is 0 Å². The molecule has 0 aliphatic carbocycles. The monoisotopic (exact) mass is 253 g/mol. The van der Waals surface area contributed by atoms with Crippen LogP contribution in [0, 0.1) is 6.92 Å². The van der Waals surface area contributed by atoms with E-state index in [9.17, 15) is 0 Å². The molecule has 1 N–H and O–H groups in total. The van der Waals surface area contributed by atoms with E-state index in [4.69, 9.17) is 0 Å². The number of anilines is 1. The molecular weight excluding hydrogens is 238 g/mol. The first-order chi connectivity index (χ1) is 9.34. The summed E-state index contributed by atoms with van der Waals surface area (Å²) in [4.78, 5) is 4.03. The van der Waals surface area contributed by atoms with Gasteiger partial charge in [0, 0.05) is 31.0 Å². The lowest BCUT2D eigenvalue weighted by atomic mass is 10.2. The van der Waals surface area contributed by atoms with Crippen LogP contribution in [0.2, 0.25) is 0 Å². The largest absolute Gasteiger partial charge is 0.384 e. The van der Waals surface area contributed by atoms with E-state index in [1.807, 2.05) is 22.7 Å². The smallest absolute Gasteiger partial charge is 0.179 e. The van der Waals surface area contributed by atoms with E-state index in [1.54, 1.807) is 12.4 Å². The van der Waals surface area contributed by atoms with Crippen LogP contribution < -0.4 is 5.32 Å². The molecule has 96 valence electrons. The van der Waals surface area contributed by atoms with Gasteiger partial charge in [-0.05, 0) is 18.6 Å². The number of para-hydroxylation sites is 1. The van der Waals surface area contributed by atoms with E-state index in [0.29, 0.717) is 0 Å². The minimum atomic E-state index is 0.786. The summed E-state index contributed by atoms with van der Waals surface area (Å²) in [5.74, 6) is 0.943. The van der Waals surface area contributed by atoms with Crippen molar-refractivity contribution in [2.45, 2.75) is 13.3 Å². The fourth-order valence-electron chi connectivity index (χ4n) is 2.05. The van der Waals surface area contributed by atoms with Gasteiger partial charge in [-0.1, -0.05) is 18.2 Å². The zero-order valence-electron chi connectivity index (χ0n) is 10.7. The second kappa shape index (κ2) is 5.06. The summed E-state index contributed by atoms with van der Waals surface area (Å²) in [6.07, 6.45) is 6.16. The summed E-state index contributed by atoms with van der Waals surface area (Å²) in [6.45, 7) is 2.93. The third-order valence-corrected chi connectivity index (χ3v) is 3.09. The van der Waals surface area contributed by atoms with Crippen LogP contribution in [0.3, 0.4) is 0 Å². The van der Waals surface area contributed by atoms with E-state index < -0.39 is 0 Å². The Kier molecular flexibility index (Phi) is 3.10. The predicted octanol–water partition coefficient (Wildman–Crippen LogP) is 2.09. The number of aromatic nitrogens is 4. The van der Waals surface area contributed by atoms with Gasteiger partial charge in [0.2, 0.25) is 0 Å². The number of benzene rings is 1. The van der Waals surface area contributed by atoms with Crippen molar-refractivity contribution in [2.75, 3.05) is 11.9 Å². The van der Waals surface area contributed by atoms with Gasteiger partial charge in [0.15, 0.2) is 5.65 Å². The molecular formula is C14H15N5. The van der Waals surface area contributed by atoms with Crippen molar-refractivity contribution in [2.24, 2.45) is 0 Å². The predicted molar refractivity (Wildman–Crippen MR) is 74.2 cm³/mol. The van der Waals surface area contributed by atoms with Crippen molar-refractivity contribution in [1.29, 1.82) is 0 Å². The second-order valence-corrected chi connectivity index (χ2v) is 4.41. The highest BCUT2D eigenvalue weighted by Gasteiger charge is 2.04. The van der Waals surface area contributed by atoms with Crippen LogP contribution in [0.4, 0.5) is 5.69 Å². The molecule has 0 atom stereocenters. The summed E-state index contributed by atoms with van der Waals surface area (Å²) in [6, 6.07) is 8.26. The average Bonchev–Trinajstić information content (AvgIpc) is 2.85. The maximum absolute atomic E-state index is 4.18. The third-order valence-electron chi connectivity index (χ3n) is 3.09. The van der Waals surface area contributed by atoms with Gasteiger partial charge in [0.25, 0.3) is 0 Å². The molecule has 0 radical (unpaired) electrons. The van der Waals surface area contributed by atoms with Gasteiger partial charge in [-0.3, -0.25) is 9.38 Å². The highest BCUT2D eigenvalue weighted by molar-refractivity contribution is 5.50. The fraction of sp³-hybridized carbons (Fsp3) is 0.214. The molecule has 3 aromatic rings. The van der Waals surface area contributed by atoms with Crippen LogP contribution in [-0.2, 0) is 6.42 Å². The standard InChI is InChI=1S/C14H15N5/c1-11-4-2-3-5-12(11)16-7-6-13-17-18-14-10-15-8-9-19(13)14/h2-5,8-10,16H,6-7H2,1H3. The normalized spacial score (nSPS) is 10.8. The van der Waals surface area contributed by atoms with E-state index in [1.165, 1.54) is 5.56 Å². The molecule has 2 heterocycles. The molecule has 0 aliphatic heterocycles. The van der Waals surface area contributed by atoms with Gasteiger partial charge in [-0.15, -0.1) is 10.2 Å². The first kappa shape index (κ1) is 11.6. The molecule has 0 unspecified atom stereocenters. The molecule has 3 rings (SSSR count). The quantitative estimate of drug-likeness (QED) is 0.773. The Labute approximate surface area is 111 Å². The molecule has 2 aromatic heterocycles. The van der Waals surface area contributed by atoms with Crippen LogP contribution in [-0.4, -0.2) is 26.1 Å². The molecule has 0 saturated heterocycles. The van der Waals surface area contributed by atoms with Gasteiger partial charge in [-0.25, -0.2) is 0 Å². The van der Waals surface area contributed by atoms with Crippen molar-refractivity contribution >= 4 is 11.3 Å². The Morgan fingerprint density at radius 1 is 1.21 bits per heavy atom. The molecule has 0 amide bonds. The lowest BCUT2D eigenvalue weighted by Gasteiger charge is -2.08. The Morgan fingerprint density at radius 3 is 3.00 bits per heavy atom. The van der Waals surface area contributed by atoms with Crippen molar-refractivity contribution < 1.29 is 0 Å². The van der Waals surface area contributed by atoms with Crippen molar-refractivity contribution in [1.82, 2.24) is 19.6 Å². The van der Waals surface area contributed by atoms with E-state index in [2.05, 4.69) is 39.6 Å². The Bertz CT molecular complexity index is 689. The highest BCUT2D eigenvalue weighted by atomic mass is 15.2. The molecule has 1 aromatic carbocycles. The number of hydrogen-bond acceptors (Lipinski definition) is 4. The maximum atomic E-state index is 4.18. The molecule has 5 nitrogen and oxygen atoms in total. The van der Waals surface area contributed by atoms with Gasteiger partial charge < -0.3 is 5.32 Å². The van der Waals surface area contributed by atoms with Crippen LogP contribution in [0.5, 0.6) is 0 Å².